The second-order valence-corrected chi connectivity index (χ2v) is 14.1. The fraction of sp³-hybridized carbons (Fsp3) is 0.265. The monoisotopic (exact) mass is 804 g/mol. The van der Waals surface area contributed by atoms with Gasteiger partial charge in [0.25, 0.3) is 11.8 Å². The van der Waals surface area contributed by atoms with Crippen molar-refractivity contribution in [1.29, 1.82) is 0 Å². The number of allylic oxidation sites excluding steroid dienone is 2. The van der Waals surface area contributed by atoms with Crippen molar-refractivity contribution >= 4 is 64.2 Å². The Morgan fingerprint density at radius 1 is 0.833 bits per heavy atom. The maximum absolute atomic E-state index is 15.2. The average molecular weight is 805 g/mol. The van der Waals surface area contributed by atoms with Gasteiger partial charge >= 0.3 is 12.3 Å². The molecular weight excluding hydrogens is 787 g/mol. The van der Waals surface area contributed by atoms with Crippen LogP contribution < -0.4 is 14.5 Å². The van der Waals surface area contributed by atoms with E-state index in [1.165, 1.54) is 24.3 Å². The van der Waals surface area contributed by atoms with Crippen molar-refractivity contribution < 1.29 is 74.0 Å². The lowest BCUT2D eigenvalue weighted by Crippen LogP contribution is -2.60. The summed E-state index contributed by atoms with van der Waals surface area (Å²) in [6, 6.07) is 6.56. The number of anilines is 2. The number of rotatable bonds is 5. The molecule has 2 aliphatic carbocycles. The number of aromatic carboxylic acids is 1. The molecule has 2 heterocycles. The Labute approximate surface area is 306 Å². The number of carbonyl (C=O) groups excluding carboxylic acids is 4. The molecule has 10 nitrogen and oxygen atoms in total. The number of fused-ring (bicyclic) bond motifs is 4. The first-order chi connectivity index (χ1) is 25.2. The van der Waals surface area contributed by atoms with Crippen molar-refractivity contribution in [2.75, 3.05) is 9.80 Å². The van der Waals surface area contributed by atoms with Crippen LogP contribution in [0.3, 0.4) is 0 Å². The Balaban J connectivity index is 1.44. The number of phenols is 1. The molecule has 1 saturated carbocycles. The summed E-state index contributed by atoms with van der Waals surface area (Å²) in [4.78, 5) is 62.2. The van der Waals surface area contributed by atoms with Gasteiger partial charge in [-0.15, -0.1) is 36.4 Å². The van der Waals surface area contributed by atoms with Gasteiger partial charge < -0.3 is 14.9 Å². The minimum Gasteiger partial charge on any atom is -0.508 e. The number of carboxylic acids is 1. The van der Waals surface area contributed by atoms with Gasteiger partial charge in [-0.25, -0.2) is 31.6 Å². The molecule has 3 fully saturated rings. The third-order valence-electron chi connectivity index (χ3n) is 10.1. The molecule has 0 radical (unpaired) electrons. The first-order valence-corrected chi connectivity index (χ1v) is 16.2. The van der Waals surface area contributed by atoms with Gasteiger partial charge in [-0.1, -0.05) is 17.7 Å². The highest BCUT2D eigenvalue weighted by atomic mass is 35.5. The first kappa shape index (κ1) is 37.1. The summed E-state index contributed by atoms with van der Waals surface area (Å²) in [5.41, 5.74) is -3.47. The molecule has 7 rings (SSSR count). The summed E-state index contributed by atoms with van der Waals surface area (Å²) in [5, 5.41) is 20.5. The number of halogens is 10. The van der Waals surface area contributed by atoms with Crippen molar-refractivity contribution in [2.24, 2.45) is 17.8 Å². The van der Waals surface area contributed by atoms with Crippen LogP contribution in [-0.4, -0.2) is 55.9 Å². The Bertz CT molecular complexity index is 2260. The highest BCUT2D eigenvalue weighted by Crippen LogP contribution is 2.67. The third-order valence-corrected chi connectivity index (χ3v) is 11.5. The third kappa shape index (κ3) is 5.02. The molecule has 2 N–H and O–H groups in total. The van der Waals surface area contributed by atoms with E-state index in [-0.39, 0.29) is 23.2 Å². The van der Waals surface area contributed by atoms with Gasteiger partial charge in [0, 0.05) is 11.5 Å². The van der Waals surface area contributed by atoms with Crippen molar-refractivity contribution in [3.05, 3.63) is 94.3 Å². The Morgan fingerprint density at radius 3 is 2.07 bits per heavy atom. The van der Waals surface area contributed by atoms with E-state index in [4.69, 9.17) is 23.2 Å². The van der Waals surface area contributed by atoms with Gasteiger partial charge in [0.05, 0.1) is 23.1 Å². The van der Waals surface area contributed by atoms with E-state index in [0.29, 0.717) is 23.1 Å². The summed E-state index contributed by atoms with van der Waals surface area (Å²) >= 11 is 13.9. The fourth-order valence-electron chi connectivity index (χ4n) is 7.91. The molecule has 0 spiro atoms. The topological polar surface area (TPSA) is 142 Å². The maximum atomic E-state index is 15.2. The molecule has 4 aliphatic rings. The zero-order valence-electron chi connectivity index (χ0n) is 26.4. The van der Waals surface area contributed by atoms with E-state index >= 15 is 8.78 Å². The molecule has 3 aromatic rings. The van der Waals surface area contributed by atoms with Crippen LogP contribution in [0, 0.1) is 46.8 Å². The van der Waals surface area contributed by atoms with Gasteiger partial charge in [-0.05, 0) is 55.2 Å². The number of ether oxygens (including phenoxy) is 1. The number of amides is 4. The number of alkyl halides is 5. The van der Waals surface area contributed by atoms with Crippen molar-refractivity contribution in [1.82, 2.24) is 0 Å². The van der Waals surface area contributed by atoms with Crippen LogP contribution in [0.15, 0.2) is 54.1 Å². The number of imide groups is 2. The van der Waals surface area contributed by atoms with Crippen molar-refractivity contribution in [3.8, 4) is 11.5 Å². The lowest BCUT2D eigenvalue weighted by atomic mass is 9.56. The Kier molecular flexibility index (Phi) is 8.34. The highest BCUT2D eigenvalue weighted by molar-refractivity contribution is 6.58. The number of phenolic OH excluding ortho intramolecular Hbond substituents is 1. The van der Waals surface area contributed by atoms with E-state index in [9.17, 15) is 60.5 Å². The number of benzene rings is 3. The van der Waals surface area contributed by atoms with Crippen LogP contribution in [0.4, 0.5) is 46.5 Å². The highest BCUT2D eigenvalue weighted by Gasteiger charge is 2.77. The molecule has 2 saturated heterocycles. The second-order valence-electron chi connectivity index (χ2n) is 12.8. The summed E-state index contributed by atoms with van der Waals surface area (Å²) < 4.78 is 117. The van der Waals surface area contributed by atoms with Crippen molar-refractivity contribution in [3.63, 3.8) is 0 Å². The van der Waals surface area contributed by atoms with Crippen LogP contribution in [0.5, 0.6) is 11.5 Å². The summed E-state index contributed by atoms with van der Waals surface area (Å²) in [7, 11) is 0. The summed E-state index contributed by atoms with van der Waals surface area (Å²) in [5.74, 6) is -28.4. The van der Waals surface area contributed by atoms with E-state index < -0.39 is 133 Å². The standard InChI is InChI=1S/C34H18Cl2F8N2O8/c35-32-10-17-14(5-6-15-19(17)28(49)45(27(15)48)12-3-1-2-11(8-12)29(50)51)20(16-9-13(4-7-18(16)47)54-34(42,43)44)33(32,36)31(53)46(30(32)52)26-24(40)22(38)21(37)23(39)25(26)41/h1-5,7-9,15,17,19-20,47H,6,10H2,(H,50,51)/t15-,17+,19-,20+,32+,33-/m0/s1. The minimum atomic E-state index is -5.32. The van der Waals surface area contributed by atoms with Gasteiger partial charge in [-0.2, -0.15) is 0 Å². The zero-order chi connectivity index (χ0) is 39.6. The number of carboxylic acid groups (broad SMARTS) is 1. The van der Waals surface area contributed by atoms with E-state index in [2.05, 4.69) is 4.74 Å². The Morgan fingerprint density at radius 2 is 1.46 bits per heavy atom. The molecule has 0 unspecified atom stereocenters. The van der Waals surface area contributed by atoms with E-state index in [1.807, 2.05) is 0 Å². The summed E-state index contributed by atoms with van der Waals surface area (Å²) in [6.45, 7) is 0. The lowest BCUT2D eigenvalue weighted by Gasteiger charge is -2.50. The molecule has 0 aromatic heterocycles. The smallest absolute Gasteiger partial charge is 0.508 e. The van der Waals surface area contributed by atoms with Gasteiger partial charge in [0.1, 0.15) is 17.2 Å². The predicted molar refractivity (Wildman–Crippen MR) is 167 cm³/mol. The molecule has 54 heavy (non-hydrogen) atoms. The molecule has 2 aliphatic heterocycles. The normalized spacial score (nSPS) is 27.9. The molecule has 282 valence electrons. The predicted octanol–water partition coefficient (Wildman–Crippen LogP) is 6.45. The van der Waals surface area contributed by atoms with Crippen LogP contribution >= 0.6 is 23.2 Å². The Hall–Kier alpha value is -5.23. The average Bonchev–Trinajstić information content (AvgIpc) is 3.45. The van der Waals surface area contributed by atoms with Gasteiger partial charge in [0.2, 0.25) is 17.6 Å². The van der Waals surface area contributed by atoms with Crippen LogP contribution in [0.2, 0.25) is 0 Å². The molecule has 20 heteroatoms. The van der Waals surface area contributed by atoms with Gasteiger partial charge in [-0.3, -0.25) is 24.1 Å². The zero-order valence-corrected chi connectivity index (χ0v) is 27.9. The van der Waals surface area contributed by atoms with E-state index in [0.717, 1.165) is 6.07 Å². The number of hydrogen-bond acceptors (Lipinski definition) is 7. The number of aromatic hydroxyl groups is 1. The summed E-state index contributed by atoms with van der Waals surface area (Å²) in [6.07, 6.45) is -5.37. The van der Waals surface area contributed by atoms with Gasteiger partial charge in [0.15, 0.2) is 33.0 Å². The molecular formula is C34H18Cl2F8N2O8. The fourth-order valence-corrected chi connectivity index (χ4v) is 8.83. The first-order valence-electron chi connectivity index (χ1n) is 15.4. The number of hydrogen-bond donors (Lipinski definition) is 2. The maximum Gasteiger partial charge on any atom is 0.573 e. The van der Waals surface area contributed by atoms with Crippen LogP contribution in [0.25, 0.3) is 0 Å². The quantitative estimate of drug-likeness (QED) is 0.0749. The van der Waals surface area contributed by atoms with Crippen LogP contribution in [-0.2, 0) is 19.2 Å². The largest absolute Gasteiger partial charge is 0.573 e. The second kappa shape index (κ2) is 12.1. The number of carbonyl (C=O) groups is 5. The molecule has 3 aromatic carbocycles. The minimum absolute atomic E-state index is 0.176. The molecule has 6 atom stereocenters. The van der Waals surface area contributed by atoms with E-state index in [1.54, 1.807) is 0 Å². The van der Waals surface area contributed by atoms with Crippen molar-refractivity contribution in [2.45, 2.75) is 34.9 Å². The lowest BCUT2D eigenvalue weighted by molar-refractivity contribution is -0.274. The molecule has 0 bridgehead atoms. The molecule has 4 amide bonds. The SMILES string of the molecule is O=C(O)c1cccc(N2C(=O)[C@H]3[C@H](CC=C4[C@H]3C[C@@]3(Cl)C(=O)N(c5c(F)c(F)c(F)c(F)c5F)C(=O)[C@@]3(Cl)[C@H]4c3cc(OC(F)(F)F)ccc3O)C2=O)c1. The van der Waals surface area contributed by atoms with Crippen LogP contribution in [0.1, 0.15) is 34.7 Å². The number of nitrogens with zero attached hydrogens (tertiary/aromatic N) is 2.